The van der Waals surface area contributed by atoms with E-state index in [2.05, 4.69) is 27.4 Å². The van der Waals surface area contributed by atoms with Gasteiger partial charge in [0, 0.05) is 28.2 Å². The van der Waals surface area contributed by atoms with Crippen LogP contribution in [0.4, 0.5) is 5.82 Å². The van der Waals surface area contributed by atoms with Crippen molar-refractivity contribution in [2.75, 3.05) is 19.5 Å². The lowest BCUT2D eigenvalue weighted by molar-refractivity contribution is 0.356. The molecular formula is C23H23BrN4O2. The van der Waals surface area contributed by atoms with Crippen molar-refractivity contribution in [3.8, 4) is 17.2 Å². The Hall–Kier alpha value is -2.80. The Labute approximate surface area is 183 Å². The molecule has 1 N–H and O–H groups in total. The Bertz CT molecular complexity index is 1210. The van der Waals surface area contributed by atoms with E-state index in [0.29, 0.717) is 17.5 Å². The van der Waals surface area contributed by atoms with Crippen molar-refractivity contribution in [2.45, 2.75) is 31.7 Å². The van der Waals surface area contributed by atoms with Gasteiger partial charge in [0.05, 0.1) is 30.8 Å². The third kappa shape index (κ3) is 3.37. The van der Waals surface area contributed by atoms with Crippen LogP contribution in [0.1, 0.15) is 25.7 Å². The summed E-state index contributed by atoms with van der Waals surface area (Å²) >= 11 is 3.50. The van der Waals surface area contributed by atoms with Crippen LogP contribution in [-0.2, 0) is 0 Å². The number of anilines is 1. The van der Waals surface area contributed by atoms with Crippen molar-refractivity contribution in [1.29, 1.82) is 0 Å². The Morgan fingerprint density at radius 2 is 1.70 bits per heavy atom. The lowest BCUT2D eigenvalue weighted by Crippen LogP contribution is -2.15. The first kappa shape index (κ1) is 19.2. The Balaban J connectivity index is 1.74. The molecule has 2 aromatic heterocycles. The van der Waals surface area contributed by atoms with Gasteiger partial charge >= 0.3 is 0 Å². The second-order valence-electron chi connectivity index (χ2n) is 7.62. The molecule has 6 nitrogen and oxygen atoms in total. The quantitative estimate of drug-likeness (QED) is 0.408. The maximum atomic E-state index is 5.53. The molecule has 0 amide bonds. The summed E-state index contributed by atoms with van der Waals surface area (Å²) in [6, 6.07) is 12.5. The number of rotatable bonds is 5. The van der Waals surface area contributed by atoms with E-state index in [1.807, 2.05) is 41.1 Å². The fourth-order valence-corrected chi connectivity index (χ4v) is 4.44. The van der Waals surface area contributed by atoms with Gasteiger partial charge in [-0.2, -0.15) is 5.10 Å². The van der Waals surface area contributed by atoms with Gasteiger partial charge < -0.3 is 14.8 Å². The highest BCUT2D eigenvalue weighted by Gasteiger charge is 2.20. The summed E-state index contributed by atoms with van der Waals surface area (Å²) in [6.07, 6.45) is 6.93. The molecular weight excluding hydrogens is 444 g/mol. The highest BCUT2D eigenvalue weighted by Crippen LogP contribution is 2.37. The highest BCUT2D eigenvalue weighted by molar-refractivity contribution is 9.10. The standard InChI is InChI=1S/C23H23BrN4O2/c1-29-20-11-17-19(12-21(20)30-2)26-23(25-15-5-3-4-6-15)18-13-28(27-22(17)18)16-9-7-14(24)8-10-16/h7-13,15H,3-6H2,1-2H3,(H,25,26). The molecule has 7 heteroatoms. The maximum absolute atomic E-state index is 5.53. The number of pyridine rings is 1. The van der Waals surface area contributed by atoms with Crippen molar-refractivity contribution in [1.82, 2.24) is 14.8 Å². The Morgan fingerprint density at radius 1 is 1.00 bits per heavy atom. The van der Waals surface area contributed by atoms with Gasteiger partial charge in [0.15, 0.2) is 11.5 Å². The van der Waals surface area contributed by atoms with E-state index in [0.717, 1.165) is 37.8 Å². The fourth-order valence-electron chi connectivity index (χ4n) is 4.18. The molecule has 1 saturated carbocycles. The molecule has 0 atom stereocenters. The molecule has 0 bridgehead atoms. The molecule has 1 fully saturated rings. The smallest absolute Gasteiger partial charge is 0.162 e. The second kappa shape index (κ2) is 7.80. The summed E-state index contributed by atoms with van der Waals surface area (Å²) in [4.78, 5) is 4.96. The van der Waals surface area contributed by atoms with E-state index in [4.69, 9.17) is 19.6 Å². The number of ether oxygens (including phenoxy) is 2. The number of nitrogens with zero attached hydrogens (tertiary/aromatic N) is 3. The van der Waals surface area contributed by atoms with Gasteiger partial charge in [-0.25, -0.2) is 9.67 Å². The van der Waals surface area contributed by atoms with Crippen molar-refractivity contribution in [2.24, 2.45) is 0 Å². The second-order valence-corrected chi connectivity index (χ2v) is 8.54. The van der Waals surface area contributed by atoms with E-state index < -0.39 is 0 Å². The van der Waals surface area contributed by atoms with E-state index in [1.54, 1.807) is 14.2 Å². The van der Waals surface area contributed by atoms with E-state index in [-0.39, 0.29) is 0 Å². The number of fused-ring (bicyclic) bond motifs is 3. The van der Waals surface area contributed by atoms with Crippen LogP contribution < -0.4 is 14.8 Å². The van der Waals surface area contributed by atoms with Crippen LogP contribution in [0.15, 0.2) is 47.1 Å². The predicted octanol–water partition coefficient (Wildman–Crippen LogP) is 5.71. The minimum atomic E-state index is 0.453. The number of hydrogen-bond acceptors (Lipinski definition) is 5. The summed E-state index contributed by atoms with van der Waals surface area (Å²) < 4.78 is 14.0. The molecule has 1 aliphatic rings. The molecule has 2 heterocycles. The number of halogens is 1. The average Bonchev–Trinajstić information content (AvgIpc) is 3.43. The summed E-state index contributed by atoms with van der Waals surface area (Å²) in [7, 11) is 3.28. The largest absolute Gasteiger partial charge is 0.493 e. The highest BCUT2D eigenvalue weighted by atomic mass is 79.9. The molecule has 30 heavy (non-hydrogen) atoms. The maximum Gasteiger partial charge on any atom is 0.162 e. The van der Waals surface area contributed by atoms with E-state index in [9.17, 15) is 0 Å². The Kier molecular flexibility index (Phi) is 4.98. The fraction of sp³-hybridized carbons (Fsp3) is 0.304. The molecule has 154 valence electrons. The average molecular weight is 467 g/mol. The topological polar surface area (TPSA) is 61.2 Å². The molecule has 0 radical (unpaired) electrons. The van der Waals surface area contributed by atoms with Gasteiger partial charge in [0.25, 0.3) is 0 Å². The first-order valence-corrected chi connectivity index (χ1v) is 10.9. The van der Waals surface area contributed by atoms with Crippen LogP contribution >= 0.6 is 15.9 Å². The minimum absolute atomic E-state index is 0.453. The van der Waals surface area contributed by atoms with Gasteiger partial charge in [-0.15, -0.1) is 0 Å². The van der Waals surface area contributed by atoms with Gasteiger partial charge in [0.1, 0.15) is 11.3 Å². The predicted molar refractivity (Wildman–Crippen MR) is 123 cm³/mol. The lowest BCUT2D eigenvalue weighted by atomic mass is 10.1. The van der Waals surface area contributed by atoms with Crippen LogP contribution in [0.2, 0.25) is 0 Å². The number of aromatic nitrogens is 3. The molecule has 5 rings (SSSR count). The zero-order valence-corrected chi connectivity index (χ0v) is 18.6. The number of hydrogen-bond donors (Lipinski definition) is 1. The van der Waals surface area contributed by atoms with Crippen LogP contribution in [0.25, 0.3) is 27.5 Å². The van der Waals surface area contributed by atoms with Crippen LogP contribution in [0.5, 0.6) is 11.5 Å². The van der Waals surface area contributed by atoms with Gasteiger partial charge in [0.2, 0.25) is 0 Å². The number of nitrogens with one attached hydrogen (secondary N) is 1. The third-order valence-corrected chi connectivity index (χ3v) is 6.27. The number of benzene rings is 2. The lowest BCUT2D eigenvalue weighted by Gasteiger charge is -2.15. The van der Waals surface area contributed by atoms with Crippen LogP contribution in [0, 0.1) is 0 Å². The molecule has 2 aromatic carbocycles. The third-order valence-electron chi connectivity index (χ3n) is 5.75. The molecule has 4 aromatic rings. The molecule has 0 aliphatic heterocycles. The first-order valence-electron chi connectivity index (χ1n) is 10.1. The molecule has 0 spiro atoms. The van der Waals surface area contributed by atoms with Crippen molar-refractivity contribution in [3.05, 3.63) is 47.1 Å². The first-order chi connectivity index (χ1) is 14.7. The van der Waals surface area contributed by atoms with Crippen LogP contribution in [-0.4, -0.2) is 35.0 Å². The van der Waals surface area contributed by atoms with Gasteiger partial charge in [-0.1, -0.05) is 28.8 Å². The van der Waals surface area contributed by atoms with Crippen molar-refractivity contribution >= 4 is 43.6 Å². The summed E-state index contributed by atoms with van der Waals surface area (Å²) in [5.74, 6) is 2.21. The zero-order chi connectivity index (χ0) is 20.7. The van der Waals surface area contributed by atoms with Gasteiger partial charge in [-0.3, -0.25) is 0 Å². The van der Waals surface area contributed by atoms with Crippen molar-refractivity contribution in [3.63, 3.8) is 0 Å². The molecule has 0 saturated heterocycles. The van der Waals surface area contributed by atoms with E-state index in [1.165, 1.54) is 25.7 Å². The molecule has 0 unspecified atom stereocenters. The molecule has 1 aliphatic carbocycles. The monoisotopic (exact) mass is 466 g/mol. The van der Waals surface area contributed by atoms with Gasteiger partial charge in [-0.05, 0) is 43.2 Å². The van der Waals surface area contributed by atoms with Crippen molar-refractivity contribution < 1.29 is 9.47 Å². The minimum Gasteiger partial charge on any atom is -0.493 e. The van der Waals surface area contributed by atoms with Crippen LogP contribution in [0.3, 0.4) is 0 Å². The summed E-state index contributed by atoms with van der Waals surface area (Å²) in [6.45, 7) is 0. The SMILES string of the molecule is COc1cc2nc(NC3CCCC3)c3cn(-c4ccc(Br)cc4)nc3c2cc1OC. The normalized spacial score (nSPS) is 14.5. The summed E-state index contributed by atoms with van der Waals surface area (Å²) in [5.41, 5.74) is 2.72. The zero-order valence-electron chi connectivity index (χ0n) is 17.0. The Morgan fingerprint density at radius 3 is 2.40 bits per heavy atom. The number of methoxy groups -OCH3 is 2. The van der Waals surface area contributed by atoms with E-state index >= 15 is 0 Å². The summed E-state index contributed by atoms with van der Waals surface area (Å²) in [5, 5.41) is 10.5.